The number of rotatable bonds is 3. The highest BCUT2D eigenvalue weighted by atomic mass is 35.5. The van der Waals surface area contributed by atoms with E-state index in [0.717, 1.165) is 30.4 Å². The number of benzene rings is 1. The Balaban J connectivity index is 1.88. The molecule has 136 valence electrons. The normalized spacial score (nSPS) is 17.3. The second-order valence-electron chi connectivity index (χ2n) is 7.27. The molecule has 6 heteroatoms. The minimum Gasteiger partial charge on any atom is -0.382 e. The smallest absolute Gasteiger partial charge is 0.121 e. The van der Waals surface area contributed by atoms with Crippen LogP contribution in [0.3, 0.4) is 0 Å². The lowest BCUT2D eigenvalue weighted by atomic mass is 10.0. The maximum Gasteiger partial charge on any atom is 0.121 e. The average Bonchev–Trinajstić information content (AvgIpc) is 2.88. The number of hydrogen-bond donors (Lipinski definition) is 1. The molecule has 1 aliphatic heterocycles. The summed E-state index contributed by atoms with van der Waals surface area (Å²) in [5, 5.41) is 13.3. The number of hydrogen-bond acceptors (Lipinski definition) is 3. The van der Waals surface area contributed by atoms with E-state index in [1.807, 2.05) is 30.3 Å². The van der Waals surface area contributed by atoms with Gasteiger partial charge in [0.2, 0.25) is 0 Å². The van der Waals surface area contributed by atoms with Gasteiger partial charge in [-0.05, 0) is 43.8 Å². The first kappa shape index (κ1) is 17.8. The largest absolute Gasteiger partial charge is 0.382 e. The SMILES string of the molecule is CN1CCc2c(c3cc(Cl)c(Cl)cc3n2CC(C)(O)c2ccccn2)C1. The van der Waals surface area contributed by atoms with Crippen molar-refractivity contribution in [2.24, 2.45) is 0 Å². The molecule has 2 aromatic heterocycles. The number of aromatic nitrogens is 2. The number of aliphatic hydroxyl groups is 1. The second kappa shape index (κ2) is 6.54. The molecule has 0 radical (unpaired) electrons. The Bertz CT molecular complexity index is 966. The first-order valence-electron chi connectivity index (χ1n) is 8.68. The highest BCUT2D eigenvalue weighted by Gasteiger charge is 2.30. The van der Waals surface area contributed by atoms with Crippen LogP contribution in [0.5, 0.6) is 0 Å². The van der Waals surface area contributed by atoms with Gasteiger partial charge in [-0.2, -0.15) is 0 Å². The Morgan fingerprint density at radius 3 is 2.73 bits per heavy atom. The molecule has 0 saturated carbocycles. The van der Waals surface area contributed by atoms with E-state index in [0.29, 0.717) is 22.3 Å². The topological polar surface area (TPSA) is 41.3 Å². The van der Waals surface area contributed by atoms with E-state index in [9.17, 15) is 5.11 Å². The van der Waals surface area contributed by atoms with Crippen LogP contribution in [0, 0.1) is 0 Å². The van der Waals surface area contributed by atoms with E-state index >= 15 is 0 Å². The van der Waals surface area contributed by atoms with E-state index in [1.54, 1.807) is 13.1 Å². The van der Waals surface area contributed by atoms with E-state index < -0.39 is 5.60 Å². The third kappa shape index (κ3) is 3.01. The Morgan fingerprint density at radius 2 is 2.00 bits per heavy atom. The van der Waals surface area contributed by atoms with Gasteiger partial charge in [0.05, 0.1) is 27.8 Å². The minimum absolute atomic E-state index is 0.414. The van der Waals surface area contributed by atoms with Crippen molar-refractivity contribution in [1.29, 1.82) is 0 Å². The molecule has 0 amide bonds. The fourth-order valence-electron chi connectivity index (χ4n) is 3.82. The summed E-state index contributed by atoms with van der Waals surface area (Å²) in [6.07, 6.45) is 2.63. The Morgan fingerprint density at radius 1 is 1.23 bits per heavy atom. The predicted molar refractivity (Wildman–Crippen MR) is 106 cm³/mol. The third-order valence-electron chi connectivity index (χ3n) is 5.17. The van der Waals surface area contributed by atoms with Crippen molar-refractivity contribution in [3.8, 4) is 0 Å². The summed E-state index contributed by atoms with van der Waals surface area (Å²) >= 11 is 12.6. The lowest BCUT2D eigenvalue weighted by Crippen LogP contribution is -2.32. The lowest BCUT2D eigenvalue weighted by molar-refractivity contribution is 0.0341. The number of likely N-dealkylation sites (N-methyl/N-ethyl adjacent to an activating group) is 1. The summed E-state index contributed by atoms with van der Waals surface area (Å²) in [6.45, 7) is 4.07. The maximum absolute atomic E-state index is 11.1. The summed E-state index contributed by atoms with van der Waals surface area (Å²) < 4.78 is 2.19. The molecule has 0 aliphatic carbocycles. The molecule has 1 aromatic carbocycles. The minimum atomic E-state index is -1.09. The molecule has 0 fully saturated rings. The van der Waals surface area contributed by atoms with Crippen LogP contribution >= 0.6 is 23.2 Å². The number of halogens is 2. The van der Waals surface area contributed by atoms with Crippen molar-refractivity contribution in [1.82, 2.24) is 14.5 Å². The van der Waals surface area contributed by atoms with Gasteiger partial charge < -0.3 is 14.6 Å². The molecule has 3 aromatic rings. The molecule has 1 unspecified atom stereocenters. The molecule has 1 aliphatic rings. The van der Waals surface area contributed by atoms with Gasteiger partial charge in [0.15, 0.2) is 0 Å². The van der Waals surface area contributed by atoms with Crippen LogP contribution in [-0.2, 0) is 25.1 Å². The summed E-state index contributed by atoms with van der Waals surface area (Å²) in [5.41, 5.74) is 3.09. The average molecular weight is 390 g/mol. The molecule has 4 nitrogen and oxygen atoms in total. The van der Waals surface area contributed by atoms with Gasteiger partial charge >= 0.3 is 0 Å². The summed E-state index contributed by atoms with van der Waals surface area (Å²) in [7, 11) is 2.12. The molecular weight excluding hydrogens is 369 g/mol. The van der Waals surface area contributed by atoms with Crippen molar-refractivity contribution < 1.29 is 5.11 Å². The van der Waals surface area contributed by atoms with Crippen LogP contribution in [0.2, 0.25) is 10.0 Å². The van der Waals surface area contributed by atoms with Crippen LogP contribution < -0.4 is 0 Å². The third-order valence-corrected chi connectivity index (χ3v) is 5.89. The van der Waals surface area contributed by atoms with Crippen molar-refractivity contribution in [2.75, 3.05) is 13.6 Å². The maximum atomic E-state index is 11.1. The molecule has 0 saturated heterocycles. The molecule has 26 heavy (non-hydrogen) atoms. The quantitative estimate of drug-likeness (QED) is 0.728. The molecule has 0 spiro atoms. The predicted octanol–water partition coefficient (Wildman–Crippen LogP) is 4.24. The molecule has 0 bridgehead atoms. The summed E-state index contributed by atoms with van der Waals surface area (Å²) in [4.78, 5) is 6.65. The highest BCUT2D eigenvalue weighted by Crippen LogP contribution is 2.37. The molecule has 1 N–H and O–H groups in total. The van der Waals surface area contributed by atoms with Crippen LogP contribution in [-0.4, -0.2) is 33.1 Å². The van der Waals surface area contributed by atoms with Gasteiger partial charge in [0, 0.05) is 36.8 Å². The van der Waals surface area contributed by atoms with Crippen molar-refractivity contribution in [2.45, 2.75) is 32.0 Å². The van der Waals surface area contributed by atoms with Crippen molar-refractivity contribution >= 4 is 34.1 Å². The molecule has 4 rings (SSSR count). The van der Waals surface area contributed by atoms with Crippen LogP contribution in [0.15, 0.2) is 36.5 Å². The fourth-order valence-corrected chi connectivity index (χ4v) is 4.15. The first-order valence-corrected chi connectivity index (χ1v) is 9.44. The monoisotopic (exact) mass is 389 g/mol. The standard InChI is InChI=1S/C20H21Cl2N3O/c1-20(26,19-5-3-4-7-23-19)12-25-17-6-8-24(2)11-14(17)13-9-15(21)16(22)10-18(13)25/h3-5,7,9-10,26H,6,8,11-12H2,1-2H3. The van der Waals surface area contributed by atoms with E-state index in [2.05, 4.69) is 21.5 Å². The van der Waals surface area contributed by atoms with Crippen LogP contribution in [0.25, 0.3) is 10.9 Å². The first-order chi connectivity index (χ1) is 12.4. The lowest BCUT2D eigenvalue weighted by Gasteiger charge is -2.28. The fraction of sp³-hybridized carbons (Fsp3) is 0.350. The van der Waals surface area contributed by atoms with Gasteiger partial charge in [-0.1, -0.05) is 29.3 Å². The molecule has 3 heterocycles. The van der Waals surface area contributed by atoms with Gasteiger partial charge in [-0.25, -0.2) is 0 Å². The zero-order valence-electron chi connectivity index (χ0n) is 14.8. The molecule has 1 atom stereocenters. The van der Waals surface area contributed by atoms with Crippen molar-refractivity contribution in [3.05, 3.63) is 63.5 Å². The second-order valence-corrected chi connectivity index (χ2v) is 8.09. The Labute approximate surface area is 163 Å². The van der Waals surface area contributed by atoms with Gasteiger partial charge in [0.25, 0.3) is 0 Å². The zero-order valence-corrected chi connectivity index (χ0v) is 16.3. The van der Waals surface area contributed by atoms with Crippen LogP contribution in [0.1, 0.15) is 23.9 Å². The van der Waals surface area contributed by atoms with Crippen LogP contribution in [0.4, 0.5) is 0 Å². The van der Waals surface area contributed by atoms with Crippen molar-refractivity contribution in [3.63, 3.8) is 0 Å². The summed E-state index contributed by atoms with van der Waals surface area (Å²) in [5.74, 6) is 0. The molecular formula is C20H21Cl2N3O. The Hall–Kier alpha value is -1.59. The highest BCUT2D eigenvalue weighted by molar-refractivity contribution is 6.42. The Kier molecular flexibility index (Phi) is 4.48. The van der Waals surface area contributed by atoms with Gasteiger partial charge in [-0.15, -0.1) is 0 Å². The van der Waals surface area contributed by atoms with E-state index in [1.165, 1.54) is 11.3 Å². The zero-order chi connectivity index (χ0) is 18.5. The van der Waals surface area contributed by atoms with Gasteiger partial charge in [0.1, 0.15) is 5.60 Å². The summed E-state index contributed by atoms with van der Waals surface area (Å²) in [6, 6.07) is 9.46. The number of fused-ring (bicyclic) bond motifs is 3. The van der Waals surface area contributed by atoms with E-state index in [-0.39, 0.29) is 0 Å². The number of pyridine rings is 1. The van der Waals surface area contributed by atoms with E-state index in [4.69, 9.17) is 23.2 Å². The van der Waals surface area contributed by atoms with Gasteiger partial charge in [-0.3, -0.25) is 4.98 Å². The number of nitrogens with zero attached hydrogens (tertiary/aromatic N) is 3.